The van der Waals surface area contributed by atoms with Crippen LogP contribution in [-0.4, -0.2) is 32.4 Å². The number of hydrogen-bond donors (Lipinski definition) is 3. The van der Waals surface area contributed by atoms with Gasteiger partial charge in [0.1, 0.15) is 10.7 Å². The highest BCUT2D eigenvalue weighted by Gasteiger charge is 2.15. The molecular formula is C14H15ClN6O. The molecule has 114 valence electrons. The van der Waals surface area contributed by atoms with E-state index in [1.807, 2.05) is 35.1 Å². The summed E-state index contributed by atoms with van der Waals surface area (Å²) in [5, 5.41) is 14.6. The number of benzene rings is 1. The maximum atomic E-state index is 11.9. The zero-order valence-corrected chi connectivity index (χ0v) is 12.5. The average Bonchev–Trinajstić information content (AvgIpc) is 3.08. The molecule has 0 bridgehead atoms. The van der Waals surface area contributed by atoms with Gasteiger partial charge in [-0.25, -0.2) is 0 Å². The van der Waals surface area contributed by atoms with Gasteiger partial charge in [0.15, 0.2) is 5.82 Å². The van der Waals surface area contributed by atoms with Gasteiger partial charge >= 0.3 is 0 Å². The highest BCUT2D eigenvalue weighted by atomic mass is 35.5. The van der Waals surface area contributed by atoms with E-state index in [1.54, 1.807) is 0 Å². The molecule has 0 saturated heterocycles. The standard InChI is InChI=1S/C14H15ClN6O/c15-11-12(19-20-13(11)16)14(22)17-6-3-7-21-10-5-2-1-4-9(10)8-18-21/h1-2,4-5,8H,3,6-7H2,(H,17,22)(H3,16,19,20). The van der Waals surface area contributed by atoms with Crippen LogP contribution in [0.25, 0.3) is 10.9 Å². The van der Waals surface area contributed by atoms with E-state index in [-0.39, 0.29) is 22.4 Å². The first-order valence-corrected chi connectivity index (χ1v) is 7.22. The quantitative estimate of drug-likeness (QED) is 0.624. The van der Waals surface area contributed by atoms with E-state index in [2.05, 4.69) is 20.6 Å². The summed E-state index contributed by atoms with van der Waals surface area (Å²) < 4.78 is 1.92. The number of nitrogens with zero attached hydrogens (tertiary/aromatic N) is 3. The lowest BCUT2D eigenvalue weighted by molar-refractivity contribution is 0.0948. The Labute approximate surface area is 131 Å². The Balaban J connectivity index is 1.53. The number of carbonyl (C=O) groups is 1. The number of aryl methyl sites for hydroxylation is 1. The van der Waals surface area contributed by atoms with E-state index in [0.29, 0.717) is 13.1 Å². The van der Waals surface area contributed by atoms with Crippen molar-refractivity contribution in [2.75, 3.05) is 12.3 Å². The number of aromatic nitrogens is 4. The molecule has 0 atom stereocenters. The monoisotopic (exact) mass is 318 g/mol. The van der Waals surface area contributed by atoms with Crippen molar-refractivity contribution in [1.82, 2.24) is 25.3 Å². The van der Waals surface area contributed by atoms with Gasteiger partial charge in [0.05, 0.1) is 11.7 Å². The molecule has 4 N–H and O–H groups in total. The summed E-state index contributed by atoms with van der Waals surface area (Å²) in [6.07, 6.45) is 2.58. The van der Waals surface area contributed by atoms with Crippen LogP contribution in [0.2, 0.25) is 5.02 Å². The van der Waals surface area contributed by atoms with Crippen LogP contribution >= 0.6 is 11.6 Å². The fourth-order valence-electron chi connectivity index (χ4n) is 2.22. The summed E-state index contributed by atoms with van der Waals surface area (Å²) in [5.41, 5.74) is 6.75. The Kier molecular flexibility index (Phi) is 3.97. The molecule has 3 rings (SSSR count). The van der Waals surface area contributed by atoms with Crippen molar-refractivity contribution in [3.8, 4) is 0 Å². The van der Waals surface area contributed by atoms with E-state index in [0.717, 1.165) is 17.3 Å². The predicted octanol–water partition coefficient (Wildman–Crippen LogP) is 1.82. The number of H-pyrrole nitrogens is 1. The number of nitrogens with one attached hydrogen (secondary N) is 2. The third kappa shape index (κ3) is 2.75. The average molecular weight is 319 g/mol. The Bertz CT molecular complexity index is 809. The largest absolute Gasteiger partial charge is 0.381 e. The van der Waals surface area contributed by atoms with Crippen molar-refractivity contribution in [3.05, 3.63) is 41.2 Å². The lowest BCUT2D eigenvalue weighted by Crippen LogP contribution is -2.26. The van der Waals surface area contributed by atoms with Crippen LogP contribution in [0.15, 0.2) is 30.5 Å². The molecule has 0 aliphatic heterocycles. The number of fused-ring (bicyclic) bond motifs is 1. The first-order valence-electron chi connectivity index (χ1n) is 6.85. The molecular weight excluding hydrogens is 304 g/mol. The summed E-state index contributed by atoms with van der Waals surface area (Å²) in [7, 11) is 0. The van der Waals surface area contributed by atoms with Gasteiger partial charge in [-0.3, -0.25) is 14.6 Å². The molecule has 0 aliphatic carbocycles. The number of nitrogen functional groups attached to an aromatic ring is 1. The molecule has 22 heavy (non-hydrogen) atoms. The summed E-state index contributed by atoms with van der Waals surface area (Å²) in [4.78, 5) is 11.9. The van der Waals surface area contributed by atoms with Gasteiger partial charge in [0, 0.05) is 18.5 Å². The number of rotatable bonds is 5. The summed E-state index contributed by atoms with van der Waals surface area (Å²) in [6.45, 7) is 1.22. The maximum Gasteiger partial charge on any atom is 0.270 e. The number of anilines is 1. The van der Waals surface area contributed by atoms with Gasteiger partial charge in [-0.2, -0.15) is 10.2 Å². The van der Waals surface area contributed by atoms with Crippen LogP contribution in [0.5, 0.6) is 0 Å². The van der Waals surface area contributed by atoms with Crippen LogP contribution < -0.4 is 11.1 Å². The maximum absolute atomic E-state index is 11.9. The van der Waals surface area contributed by atoms with Crippen molar-refractivity contribution >= 4 is 34.2 Å². The minimum absolute atomic E-state index is 0.120. The van der Waals surface area contributed by atoms with Crippen molar-refractivity contribution in [1.29, 1.82) is 0 Å². The van der Waals surface area contributed by atoms with Gasteiger partial charge in [0.2, 0.25) is 0 Å². The van der Waals surface area contributed by atoms with Crippen molar-refractivity contribution in [2.24, 2.45) is 0 Å². The predicted molar refractivity (Wildman–Crippen MR) is 84.7 cm³/mol. The Hall–Kier alpha value is -2.54. The topological polar surface area (TPSA) is 102 Å². The molecule has 8 heteroatoms. The number of hydrogen-bond acceptors (Lipinski definition) is 4. The second-order valence-electron chi connectivity index (χ2n) is 4.83. The zero-order chi connectivity index (χ0) is 15.5. The van der Waals surface area contributed by atoms with Crippen molar-refractivity contribution in [2.45, 2.75) is 13.0 Å². The first-order chi connectivity index (χ1) is 10.7. The molecule has 0 fully saturated rings. The van der Waals surface area contributed by atoms with Crippen LogP contribution in [0.3, 0.4) is 0 Å². The van der Waals surface area contributed by atoms with Gasteiger partial charge in [-0.05, 0) is 12.5 Å². The smallest absolute Gasteiger partial charge is 0.270 e. The number of halogens is 1. The number of nitrogens with two attached hydrogens (primary N) is 1. The SMILES string of the molecule is Nc1n[nH]c(C(=O)NCCCn2ncc3ccccc32)c1Cl. The van der Waals surface area contributed by atoms with E-state index in [1.165, 1.54) is 0 Å². The fraction of sp³-hybridized carbons (Fsp3) is 0.214. The molecule has 2 heterocycles. The Morgan fingerprint density at radius 2 is 2.23 bits per heavy atom. The molecule has 1 aromatic carbocycles. The molecule has 3 aromatic rings. The van der Waals surface area contributed by atoms with E-state index >= 15 is 0 Å². The van der Waals surface area contributed by atoms with Gasteiger partial charge in [-0.15, -0.1) is 0 Å². The molecule has 0 spiro atoms. The lowest BCUT2D eigenvalue weighted by atomic mass is 10.2. The van der Waals surface area contributed by atoms with Gasteiger partial charge in [0.25, 0.3) is 5.91 Å². The first kappa shape index (κ1) is 14.4. The van der Waals surface area contributed by atoms with E-state index in [9.17, 15) is 4.79 Å². The fourth-order valence-corrected chi connectivity index (χ4v) is 2.39. The highest BCUT2D eigenvalue weighted by Crippen LogP contribution is 2.19. The number of amides is 1. The van der Waals surface area contributed by atoms with Crippen LogP contribution in [0.4, 0.5) is 5.82 Å². The second kappa shape index (κ2) is 6.07. The van der Waals surface area contributed by atoms with Gasteiger partial charge in [-0.1, -0.05) is 29.8 Å². The Morgan fingerprint density at radius 3 is 3.00 bits per heavy atom. The molecule has 2 aromatic heterocycles. The number of para-hydroxylation sites is 1. The second-order valence-corrected chi connectivity index (χ2v) is 5.21. The molecule has 0 saturated carbocycles. The summed E-state index contributed by atoms with van der Waals surface area (Å²) in [6, 6.07) is 8.00. The van der Waals surface area contributed by atoms with Crippen LogP contribution in [0, 0.1) is 0 Å². The minimum atomic E-state index is -0.320. The van der Waals surface area contributed by atoms with Gasteiger partial charge < -0.3 is 11.1 Å². The lowest BCUT2D eigenvalue weighted by Gasteiger charge is -2.05. The van der Waals surface area contributed by atoms with E-state index in [4.69, 9.17) is 17.3 Å². The van der Waals surface area contributed by atoms with Crippen LogP contribution in [0.1, 0.15) is 16.9 Å². The molecule has 0 radical (unpaired) electrons. The van der Waals surface area contributed by atoms with Crippen molar-refractivity contribution < 1.29 is 4.79 Å². The normalized spacial score (nSPS) is 11.0. The third-order valence-corrected chi connectivity index (χ3v) is 3.73. The number of carbonyl (C=O) groups excluding carboxylic acids is 1. The molecule has 7 nitrogen and oxygen atoms in total. The number of aromatic amines is 1. The minimum Gasteiger partial charge on any atom is -0.381 e. The van der Waals surface area contributed by atoms with Crippen molar-refractivity contribution in [3.63, 3.8) is 0 Å². The molecule has 0 unspecified atom stereocenters. The Morgan fingerprint density at radius 1 is 1.41 bits per heavy atom. The van der Waals surface area contributed by atoms with Crippen LogP contribution in [-0.2, 0) is 6.54 Å². The zero-order valence-electron chi connectivity index (χ0n) is 11.7. The summed E-state index contributed by atoms with van der Waals surface area (Å²) in [5.74, 6) is -0.200. The highest BCUT2D eigenvalue weighted by molar-refractivity contribution is 6.35. The van der Waals surface area contributed by atoms with E-state index < -0.39 is 0 Å². The third-order valence-electron chi connectivity index (χ3n) is 3.34. The summed E-state index contributed by atoms with van der Waals surface area (Å²) >= 11 is 5.87. The molecule has 1 amide bonds. The molecule has 0 aliphatic rings.